The van der Waals surface area contributed by atoms with Gasteiger partial charge in [0.2, 0.25) is 11.8 Å². The van der Waals surface area contributed by atoms with Crippen LogP contribution in [0.3, 0.4) is 0 Å². The molecule has 0 aliphatic carbocycles. The molecule has 3 amide bonds. The van der Waals surface area contributed by atoms with Crippen molar-refractivity contribution >= 4 is 29.1 Å². The Morgan fingerprint density at radius 2 is 1.75 bits per heavy atom. The Bertz CT molecular complexity index is 990. The molecule has 2 rings (SSSR count). The Kier molecular flexibility index (Phi) is 8.84. The van der Waals surface area contributed by atoms with Crippen molar-refractivity contribution in [1.29, 1.82) is 0 Å². The van der Waals surface area contributed by atoms with Gasteiger partial charge in [0.25, 0.3) is 11.6 Å². The second-order valence-electron chi connectivity index (χ2n) is 7.17. The van der Waals surface area contributed by atoms with Gasteiger partial charge in [-0.15, -0.1) is 0 Å². The number of anilines is 1. The lowest BCUT2D eigenvalue weighted by atomic mass is 10.1. The number of aryl methyl sites for hydroxylation is 2. The SMILES string of the molecule is COCCN(CC(=O)NCC(=O)Nc1ccc(C)cc1)C(=O)c1ccc(C)c([N+](=O)[O-])c1. The number of ether oxygens (including phenoxy) is 1. The maximum atomic E-state index is 12.9. The van der Waals surface area contributed by atoms with Gasteiger partial charge in [-0.25, -0.2) is 0 Å². The fourth-order valence-electron chi connectivity index (χ4n) is 2.83. The van der Waals surface area contributed by atoms with Gasteiger partial charge in [0, 0.05) is 36.5 Å². The molecule has 2 aromatic rings. The van der Waals surface area contributed by atoms with Crippen molar-refractivity contribution < 1.29 is 24.0 Å². The van der Waals surface area contributed by atoms with Gasteiger partial charge in [-0.2, -0.15) is 0 Å². The van der Waals surface area contributed by atoms with E-state index in [0.717, 1.165) is 5.56 Å². The summed E-state index contributed by atoms with van der Waals surface area (Å²) in [4.78, 5) is 49.1. The third-order valence-electron chi connectivity index (χ3n) is 4.62. The molecule has 0 aliphatic rings. The number of carbonyl (C=O) groups is 3. The highest BCUT2D eigenvalue weighted by Crippen LogP contribution is 2.20. The minimum atomic E-state index is -0.565. The van der Waals surface area contributed by atoms with Gasteiger partial charge in [-0.3, -0.25) is 24.5 Å². The average Bonchev–Trinajstić information content (AvgIpc) is 2.76. The summed E-state index contributed by atoms with van der Waals surface area (Å²) in [6.45, 7) is 3.17. The first kappa shape index (κ1) is 24.5. The quantitative estimate of drug-likeness (QED) is 0.428. The van der Waals surface area contributed by atoms with Crippen LogP contribution in [0.25, 0.3) is 0 Å². The zero-order chi connectivity index (χ0) is 23.7. The van der Waals surface area contributed by atoms with Crippen molar-refractivity contribution in [3.63, 3.8) is 0 Å². The van der Waals surface area contributed by atoms with Crippen LogP contribution in [0, 0.1) is 24.0 Å². The van der Waals surface area contributed by atoms with Crippen molar-refractivity contribution in [3.8, 4) is 0 Å². The van der Waals surface area contributed by atoms with Crippen LogP contribution < -0.4 is 10.6 Å². The van der Waals surface area contributed by atoms with Crippen molar-refractivity contribution in [2.75, 3.05) is 38.7 Å². The minimum absolute atomic E-state index is 0.0864. The molecule has 32 heavy (non-hydrogen) atoms. The van der Waals surface area contributed by atoms with E-state index in [1.54, 1.807) is 19.1 Å². The monoisotopic (exact) mass is 442 g/mol. The summed E-state index contributed by atoms with van der Waals surface area (Å²) in [6, 6.07) is 11.3. The molecule has 0 bridgehead atoms. The van der Waals surface area contributed by atoms with Crippen LogP contribution in [0.1, 0.15) is 21.5 Å². The molecule has 0 atom stereocenters. The van der Waals surface area contributed by atoms with Gasteiger partial charge >= 0.3 is 0 Å². The Morgan fingerprint density at radius 1 is 1.06 bits per heavy atom. The molecule has 10 nitrogen and oxygen atoms in total. The minimum Gasteiger partial charge on any atom is -0.383 e. The molecule has 0 spiro atoms. The van der Waals surface area contributed by atoms with Gasteiger partial charge in [0.15, 0.2) is 0 Å². The van der Waals surface area contributed by atoms with Gasteiger partial charge in [-0.1, -0.05) is 23.8 Å². The molecule has 0 saturated carbocycles. The zero-order valence-electron chi connectivity index (χ0n) is 18.2. The van der Waals surface area contributed by atoms with Crippen molar-refractivity contribution in [3.05, 3.63) is 69.3 Å². The number of rotatable bonds is 10. The zero-order valence-corrected chi connectivity index (χ0v) is 18.2. The first-order valence-electron chi connectivity index (χ1n) is 9.87. The van der Waals surface area contributed by atoms with Crippen LogP contribution in [0.5, 0.6) is 0 Å². The van der Waals surface area contributed by atoms with E-state index in [1.807, 2.05) is 19.1 Å². The first-order valence-corrected chi connectivity index (χ1v) is 9.87. The molecule has 10 heteroatoms. The van der Waals surface area contributed by atoms with Gasteiger partial charge in [-0.05, 0) is 32.0 Å². The van der Waals surface area contributed by atoms with E-state index in [4.69, 9.17) is 4.74 Å². The summed E-state index contributed by atoms with van der Waals surface area (Å²) < 4.78 is 5.00. The fourth-order valence-corrected chi connectivity index (χ4v) is 2.83. The number of amides is 3. The van der Waals surface area contributed by atoms with E-state index in [0.29, 0.717) is 11.3 Å². The standard InChI is InChI=1S/C22H26N4O6/c1-15-4-8-18(9-5-15)24-20(27)13-23-21(28)14-25(10-11-32-3)22(29)17-7-6-16(2)19(12-17)26(30)31/h4-9,12H,10-11,13-14H2,1-3H3,(H,23,28)(H,24,27). The summed E-state index contributed by atoms with van der Waals surface area (Å²) in [5, 5.41) is 16.3. The first-order chi connectivity index (χ1) is 15.2. The Hall–Kier alpha value is -3.79. The molecule has 2 aromatic carbocycles. The van der Waals surface area contributed by atoms with Gasteiger partial charge < -0.3 is 20.3 Å². The highest BCUT2D eigenvalue weighted by atomic mass is 16.6. The number of nitro groups is 1. The van der Waals surface area contributed by atoms with Gasteiger partial charge in [0.05, 0.1) is 24.6 Å². The maximum absolute atomic E-state index is 12.9. The van der Waals surface area contributed by atoms with E-state index >= 15 is 0 Å². The highest BCUT2D eigenvalue weighted by molar-refractivity contribution is 5.98. The molecule has 0 saturated heterocycles. The lowest BCUT2D eigenvalue weighted by Gasteiger charge is -2.22. The molecule has 0 unspecified atom stereocenters. The number of benzene rings is 2. The Labute approximate surface area is 185 Å². The van der Waals surface area contributed by atoms with Crippen molar-refractivity contribution in [2.24, 2.45) is 0 Å². The van der Waals surface area contributed by atoms with Crippen LogP contribution in [0.4, 0.5) is 11.4 Å². The van der Waals surface area contributed by atoms with Crippen LogP contribution in [0.2, 0.25) is 0 Å². The van der Waals surface area contributed by atoms with Crippen LogP contribution >= 0.6 is 0 Å². The van der Waals surface area contributed by atoms with E-state index in [2.05, 4.69) is 10.6 Å². The molecule has 0 aromatic heterocycles. The smallest absolute Gasteiger partial charge is 0.273 e. The molecule has 0 radical (unpaired) electrons. The predicted molar refractivity (Wildman–Crippen MR) is 118 cm³/mol. The lowest BCUT2D eigenvalue weighted by molar-refractivity contribution is -0.385. The van der Waals surface area contributed by atoms with Crippen molar-refractivity contribution in [2.45, 2.75) is 13.8 Å². The van der Waals surface area contributed by atoms with E-state index in [1.165, 1.54) is 30.2 Å². The number of hydrogen-bond acceptors (Lipinski definition) is 6. The van der Waals surface area contributed by atoms with E-state index < -0.39 is 22.6 Å². The number of hydrogen-bond donors (Lipinski definition) is 2. The summed E-state index contributed by atoms with van der Waals surface area (Å²) in [5.74, 6) is -1.51. The van der Waals surface area contributed by atoms with Crippen LogP contribution in [-0.2, 0) is 14.3 Å². The molecular weight excluding hydrogens is 416 g/mol. The summed E-state index contributed by atoms with van der Waals surface area (Å²) in [6.07, 6.45) is 0. The maximum Gasteiger partial charge on any atom is 0.273 e. The molecule has 170 valence electrons. The highest BCUT2D eigenvalue weighted by Gasteiger charge is 2.22. The van der Waals surface area contributed by atoms with E-state index in [9.17, 15) is 24.5 Å². The van der Waals surface area contributed by atoms with Crippen molar-refractivity contribution in [1.82, 2.24) is 10.2 Å². The second kappa shape index (κ2) is 11.6. The lowest BCUT2D eigenvalue weighted by Crippen LogP contribution is -2.44. The summed E-state index contributed by atoms with van der Waals surface area (Å²) >= 11 is 0. The number of nitrogens with zero attached hydrogens (tertiary/aromatic N) is 2. The third kappa shape index (κ3) is 7.17. The largest absolute Gasteiger partial charge is 0.383 e. The van der Waals surface area contributed by atoms with Gasteiger partial charge in [0.1, 0.15) is 0 Å². The Morgan fingerprint density at radius 3 is 2.38 bits per heavy atom. The predicted octanol–water partition coefficient (Wildman–Crippen LogP) is 2.06. The molecule has 2 N–H and O–H groups in total. The third-order valence-corrected chi connectivity index (χ3v) is 4.62. The Balaban J connectivity index is 2.00. The molecule has 0 aliphatic heterocycles. The summed E-state index contributed by atoms with van der Waals surface area (Å²) in [7, 11) is 1.45. The van der Waals surface area contributed by atoms with E-state index in [-0.39, 0.29) is 37.5 Å². The molecule has 0 heterocycles. The second-order valence-corrected chi connectivity index (χ2v) is 7.17. The van der Waals surface area contributed by atoms with Crippen LogP contribution in [-0.4, -0.2) is 60.9 Å². The number of nitro benzene ring substituents is 1. The topological polar surface area (TPSA) is 131 Å². The normalized spacial score (nSPS) is 10.3. The fraction of sp³-hybridized carbons (Fsp3) is 0.318. The number of methoxy groups -OCH3 is 1. The molecule has 0 fully saturated rings. The summed E-state index contributed by atoms with van der Waals surface area (Å²) in [5.41, 5.74) is 1.99. The van der Waals surface area contributed by atoms with Crippen LogP contribution in [0.15, 0.2) is 42.5 Å². The number of nitrogens with one attached hydrogen (secondary N) is 2. The molecular formula is C22H26N4O6. The average molecular weight is 442 g/mol. The number of carbonyl (C=O) groups excluding carboxylic acids is 3.